The van der Waals surface area contributed by atoms with E-state index in [0.29, 0.717) is 42.0 Å². The smallest absolute Gasteiger partial charge is 0.319 e. The summed E-state index contributed by atoms with van der Waals surface area (Å²) in [5, 5.41) is 3.70. The van der Waals surface area contributed by atoms with Gasteiger partial charge in [-0.05, 0) is 25.8 Å². The quantitative estimate of drug-likeness (QED) is 0.219. The van der Waals surface area contributed by atoms with E-state index in [1.807, 2.05) is 13.8 Å². The molecular formula is C25H35N8O7P. The van der Waals surface area contributed by atoms with Crippen LogP contribution in [-0.4, -0.2) is 75.6 Å². The first kappa shape index (κ1) is 29.3. The number of aromatic nitrogens is 5. The average molecular weight is 591 g/mol. The van der Waals surface area contributed by atoms with Crippen LogP contribution in [0.3, 0.4) is 0 Å². The highest BCUT2D eigenvalue weighted by atomic mass is 31.1. The Hall–Kier alpha value is -3.20. The molecule has 2 aliphatic rings. The number of nitrogen functional groups attached to an aromatic ring is 1. The fraction of sp³-hybridized carbons (Fsp3) is 0.560. The summed E-state index contributed by atoms with van der Waals surface area (Å²) in [7, 11) is -1.35. The van der Waals surface area contributed by atoms with Crippen LogP contribution in [0.15, 0.2) is 28.6 Å². The van der Waals surface area contributed by atoms with Crippen molar-refractivity contribution in [1.29, 1.82) is 0 Å². The highest BCUT2D eigenvalue weighted by Crippen LogP contribution is 2.41. The standard InChI is InChI=1S/C25H35N8O7P/c1-5-27-19-20(26)28-11-29-21(19)32-24-13(2)6-15(38-24)10-37-41(35)40-17-7-16(9-36-4)39-25(17)33-8-14(3)18-22(33)30-12-31-23(18)34/h5,8,11-13,15-17,24-25,41H,6-7,9-10H2,1-4H3,(H,30,31,34)(H3,26,28,29,32)/b27-5-/t13-,15+,16+,17-,24-,25-/m1/s1. The molecule has 41 heavy (non-hydrogen) atoms. The summed E-state index contributed by atoms with van der Waals surface area (Å²) in [5.74, 6) is 0.826. The number of aromatic amines is 1. The second-order valence-electron chi connectivity index (χ2n) is 10.1. The molecule has 3 aromatic rings. The van der Waals surface area contributed by atoms with Crippen LogP contribution in [0.1, 0.15) is 38.5 Å². The van der Waals surface area contributed by atoms with Crippen LogP contribution in [0.2, 0.25) is 0 Å². The molecule has 2 saturated heterocycles. The van der Waals surface area contributed by atoms with E-state index in [9.17, 15) is 9.36 Å². The van der Waals surface area contributed by atoms with Crippen LogP contribution >= 0.6 is 8.25 Å². The average Bonchev–Trinajstić information content (AvgIpc) is 3.60. The molecule has 1 unspecified atom stereocenters. The first-order chi connectivity index (χ1) is 19.8. The number of hydrogen-bond acceptors (Lipinski definition) is 13. The SMILES string of the molecule is C/C=N\c1c(N)ncnc1N[C@@H]1O[C@H](CO[PH](=O)O[C@@H]2C[C@@H](COC)O[C@H]2n2cc(C)c3c(=O)[nH]cnc32)C[C@H]1C. The Bertz CT molecular complexity index is 1480. The number of fused-ring (bicyclic) bond motifs is 1. The van der Waals surface area contributed by atoms with Crippen molar-refractivity contribution in [3.05, 3.63) is 34.8 Å². The first-order valence-electron chi connectivity index (χ1n) is 13.3. The molecular weight excluding hydrogens is 555 g/mol. The van der Waals surface area contributed by atoms with E-state index in [4.69, 9.17) is 29.0 Å². The van der Waals surface area contributed by atoms with Crippen molar-refractivity contribution in [3.63, 3.8) is 0 Å². The Morgan fingerprint density at radius 3 is 2.85 bits per heavy atom. The van der Waals surface area contributed by atoms with Crippen molar-refractivity contribution in [2.75, 3.05) is 31.4 Å². The van der Waals surface area contributed by atoms with E-state index in [1.54, 1.807) is 31.0 Å². The molecule has 5 rings (SSSR count). The lowest BCUT2D eigenvalue weighted by atomic mass is 10.1. The Morgan fingerprint density at radius 2 is 2.07 bits per heavy atom. The van der Waals surface area contributed by atoms with Crippen LogP contribution in [0.5, 0.6) is 0 Å². The molecule has 0 radical (unpaired) electrons. The summed E-state index contributed by atoms with van der Waals surface area (Å²) in [4.78, 5) is 31.8. The predicted octanol–water partition coefficient (Wildman–Crippen LogP) is 2.72. The zero-order valence-corrected chi connectivity index (χ0v) is 24.3. The third-order valence-corrected chi connectivity index (χ3v) is 7.99. The zero-order valence-electron chi connectivity index (χ0n) is 23.3. The van der Waals surface area contributed by atoms with E-state index in [-0.39, 0.29) is 42.3 Å². The Morgan fingerprint density at radius 1 is 1.27 bits per heavy atom. The maximum absolute atomic E-state index is 13.0. The van der Waals surface area contributed by atoms with Gasteiger partial charge < -0.3 is 43.9 Å². The summed E-state index contributed by atoms with van der Waals surface area (Å²) in [5.41, 5.74) is 7.34. The number of aryl methyl sites for hydroxylation is 1. The minimum absolute atomic E-state index is 0.0778. The molecule has 0 amide bonds. The van der Waals surface area contributed by atoms with Crippen molar-refractivity contribution in [2.45, 2.75) is 64.4 Å². The number of methoxy groups -OCH3 is 1. The van der Waals surface area contributed by atoms with Crippen molar-refractivity contribution in [3.8, 4) is 0 Å². The third kappa shape index (κ3) is 6.35. The number of H-pyrrole nitrogens is 1. The fourth-order valence-corrected chi connectivity index (χ4v) is 6.11. The molecule has 4 N–H and O–H groups in total. The van der Waals surface area contributed by atoms with Gasteiger partial charge in [-0.1, -0.05) is 6.92 Å². The Kier molecular flexibility index (Phi) is 9.12. The van der Waals surface area contributed by atoms with E-state index in [1.165, 1.54) is 12.7 Å². The molecule has 15 nitrogen and oxygen atoms in total. The third-order valence-electron chi connectivity index (χ3n) is 7.09. The van der Waals surface area contributed by atoms with E-state index in [2.05, 4.69) is 30.2 Å². The number of nitrogens with zero attached hydrogens (tertiary/aromatic N) is 5. The highest BCUT2D eigenvalue weighted by molar-refractivity contribution is 7.33. The second-order valence-corrected chi connectivity index (χ2v) is 11.1. The number of rotatable bonds is 11. The normalized spacial score (nSPS) is 27.2. The van der Waals surface area contributed by atoms with Crippen molar-refractivity contribution >= 4 is 42.8 Å². The van der Waals surface area contributed by atoms with Crippen LogP contribution in [0.25, 0.3) is 11.0 Å². The van der Waals surface area contributed by atoms with Crippen LogP contribution < -0.4 is 16.6 Å². The van der Waals surface area contributed by atoms with E-state index >= 15 is 0 Å². The maximum Gasteiger partial charge on any atom is 0.319 e. The molecule has 0 saturated carbocycles. The van der Waals surface area contributed by atoms with Gasteiger partial charge in [-0.2, -0.15) is 0 Å². The number of anilines is 2. The number of ether oxygens (including phenoxy) is 3. The van der Waals surface area contributed by atoms with Gasteiger partial charge >= 0.3 is 8.25 Å². The number of hydrogen-bond donors (Lipinski definition) is 3. The molecule has 0 bridgehead atoms. The number of aliphatic imine (C=N–C) groups is 1. The van der Waals surface area contributed by atoms with Gasteiger partial charge in [0.15, 0.2) is 17.9 Å². The molecule has 16 heteroatoms. The molecule has 2 aliphatic heterocycles. The van der Waals surface area contributed by atoms with Gasteiger partial charge in [0.05, 0.1) is 37.1 Å². The Labute approximate surface area is 236 Å². The largest absolute Gasteiger partial charge is 0.382 e. The van der Waals surface area contributed by atoms with Crippen molar-refractivity contribution in [1.82, 2.24) is 24.5 Å². The van der Waals surface area contributed by atoms with Crippen LogP contribution in [-0.2, 0) is 27.8 Å². The van der Waals surface area contributed by atoms with Crippen LogP contribution in [0.4, 0.5) is 17.3 Å². The summed E-state index contributed by atoms with van der Waals surface area (Å²) in [6.07, 6.45) is 4.90. The summed E-state index contributed by atoms with van der Waals surface area (Å²) < 4.78 is 43.8. The van der Waals surface area contributed by atoms with Crippen molar-refractivity contribution < 1.29 is 27.8 Å². The minimum Gasteiger partial charge on any atom is -0.382 e. The highest BCUT2D eigenvalue weighted by Gasteiger charge is 2.40. The Balaban J connectivity index is 1.21. The lowest BCUT2D eigenvalue weighted by Crippen LogP contribution is -2.26. The number of nitrogens with two attached hydrogens (primary N) is 1. The van der Waals surface area contributed by atoms with Gasteiger partial charge in [-0.25, -0.2) is 15.0 Å². The maximum atomic E-state index is 13.0. The molecule has 222 valence electrons. The van der Waals surface area contributed by atoms with Crippen LogP contribution in [0, 0.1) is 12.8 Å². The fourth-order valence-electron chi connectivity index (χ4n) is 5.26. The molecule has 0 aromatic carbocycles. The molecule has 5 heterocycles. The van der Waals surface area contributed by atoms with E-state index in [0.717, 1.165) is 5.56 Å². The van der Waals surface area contributed by atoms with Gasteiger partial charge in [-0.15, -0.1) is 0 Å². The summed E-state index contributed by atoms with van der Waals surface area (Å²) in [6.45, 7) is 6.04. The summed E-state index contributed by atoms with van der Waals surface area (Å²) >= 11 is 0. The minimum atomic E-state index is -2.93. The zero-order chi connectivity index (χ0) is 29.1. The molecule has 7 atom stereocenters. The topological polar surface area (TPSA) is 190 Å². The molecule has 0 spiro atoms. The van der Waals surface area contributed by atoms with Gasteiger partial charge in [0, 0.05) is 31.9 Å². The van der Waals surface area contributed by atoms with Gasteiger partial charge in [0.2, 0.25) is 0 Å². The monoisotopic (exact) mass is 590 g/mol. The van der Waals surface area contributed by atoms with E-state index < -0.39 is 20.6 Å². The van der Waals surface area contributed by atoms with Gasteiger partial charge in [-0.3, -0.25) is 14.4 Å². The van der Waals surface area contributed by atoms with Crippen molar-refractivity contribution in [2.24, 2.45) is 10.9 Å². The molecule has 3 aromatic heterocycles. The van der Waals surface area contributed by atoms with Gasteiger partial charge in [0.1, 0.15) is 30.0 Å². The number of nitrogens with one attached hydrogen (secondary N) is 2. The summed E-state index contributed by atoms with van der Waals surface area (Å²) in [6, 6.07) is 0. The predicted molar refractivity (Wildman–Crippen MR) is 152 cm³/mol. The molecule has 2 fully saturated rings. The molecule has 0 aliphatic carbocycles. The van der Waals surface area contributed by atoms with Gasteiger partial charge in [0.25, 0.3) is 5.56 Å². The lowest BCUT2D eigenvalue weighted by molar-refractivity contribution is -0.0512. The lowest BCUT2D eigenvalue weighted by Gasteiger charge is -2.21. The first-order valence-corrected chi connectivity index (χ1v) is 14.5. The second kappa shape index (κ2) is 12.8.